The Hall–Kier alpha value is -3.43. The maximum atomic E-state index is 13.1. The normalized spacial score (nSPS) is 11.5. The smallest absolute Gasteiger partial charge is 0.268 e. The third kappa shape index (κ3) is 4.99. The number of thiophene rings is 1. The number of benzene rings is 1. The van der Waals surface area contributed by atoms with Crippen LogP contribution in [0.1, 0.15) is 29.9 Å². The van der Waals surface area contributed by atoms with Crippen LogP contribution in [0.4, 0.5) is 17.3 Å². The number of hydrogen-bond donors (Lipinski definition) is 4. The molecular weight excluding hydrogens is 436 g/mol. The zero-order valence-corrected chi connectivity index (χ0v) is 20.0. The first kappa shape index (κ1) is 22.8. The largest absolute Gasteiger partial charge is 0.390 e. The fraction of sp³-hybridized carbons (Fsp3) is 0.292. The van der Waals surface area contributed by atoms with Crippen molar-refractivity contribution in [3.63, 3.8) is 0 Å². The van der Waals surface area contributed by atoms with Crippen LogP contribution in [0, 0.1) is 0 Å². The quantitative estimate of drug-likeness (QED) is 0.302. The highest BCUT2D eigenvalue weighted by Gasteiger charge is 2.20. The molecule has 0 radical (unpaired) electrons. The maximum Gasteiger partial charge on any atom is 0.268 e. The zero-order valence-electron chi connectivity index (χ0n) is 19.1. The highest BCUT2D eigenvalue weighted by atomic mass is 32.1. The molecule has 0 saturated carbocycles. The zero-order chi connectivity index (χ0) is 23.6. The number of aliphatic hydroxyl groups is 1. The van der Waals surface area contributed by atoms with E-state index in [4.69, 9.17) is 4.98 Å². The predicted molar refractivity (Wildman–Crippen MR) is 135 cm³/mol. The molecular formula is C24H28N6O2S. The topological polar surface area (TPSA) is 104 Å². The molecule has 3 heterocycles. The number of aryl methyl sites for hydroxylation is 1. The minimum absolute atomic E-state index is 0.220. The van der Waals surface area contributed by atoms with E-state index >= 15 is 0 Å². The molecule has 3 aromatic heterocycles. The lowest BCUT2D eigenvalue weighted by molar-refractivity contribution is 0.0667. The Kier molecular flexibility index (Phi) is 6.35. The van der Waals surface area contributed by atoms with E-state index in [9.17, 15) is 9.90 Å². The Labute approximate surface area is 196 Å². The summed E-state index contributed by atoms with van der Waals surface area (Å²) < 4.78 is 1.95. The number of anilines is 3. The minimum atomic E-state index is -0.845. The number of pyridine rings is 1. The first-order valence-electron chi connectivity index (χ1n) is 10.7. The van der Waals surface area contributed by atoms with E-state index < -0.39 is 5.60 Å². The van der Waals surface area contributed by atoms with Crippen molar-refractivity contribution in [1.82, 2.24) is 14.5 Å². The molecule has 0 atom stereocenters. The van der Waals surface area contributed by atoms with Gasteiger partial charge in [-0.2, -0.15) is 0 Å². The van der Waals surface area contributed by atoms with Gasteiger partial charge in [-0.3, -0.25) is 15.1 Å². The van der Waals surface area contributed by atoms with Gasteiger partial charge in [0.25, 0.3) is 5.91 Å². The standard InChI is InChI=1S/C24H28N6O2S/c1-24(2,32)9-12-30-19-14-17(26-4)16(25-3)13-18(19)28-23(30)29-22(31)21-6-5-20(33-21)15-7-10-27-11-8-15/h5-8,10-11,13-14,25-26,32H,9,12H2,1-4H3,(H,28,29,31). The second-order valence-corrected chi connectivity index (χ2v) is 9.47. The third-order valence-electron chi connectivity index (χ3n) is 5.39. The number of aromatic nitrogens is 3. The van der Waals surface area contributed by atoms with Gasteiger partial charge in [0.1, 0.15) is 0 Å². The van der Waals surface area contributed by atoms with Gasteiger partial charge < -0.3 is 20.3 Å². The molecule has 172 valence electrons. The van der Waals surface area contributed by atoms with Gasteiger partial charge in [-0.05, 0) is 62.2 Å². The molecule has 4 rings (SSSR count). The average molecular weight is 465 g/mol. The van der Waals surface area contributed by atoms with E-state index in [0.29, 0.717) is 23.8 Å². The number of carbonyl (C=O) groups excluding carboxylic acids is 1. The monoisotopic (exact) mass is 464 g/mol. The number of hydrogen-bond acceptors (Lipinski definition) is 7. The van der Waals surface area contributed by atoms with Crippen LogP contribution in [-0.2, 0) is 6.54 Å². The van der Waals surface area contributed by atoms with Gasteiger partial charge in [0.05, 0.1) is 32.9 Å². The number of amides is 1. The molecule has 33 heavy (non-hydrogen) atoms. The van der Waals surface area contributed by atoms with E-state index in [2.05, 4.69) is 20.9 Å². The van der Waals surface area contributed by atoms with Gasteiger partial charge in [-0.1, -0.05) is 0 Å². The van der Waals surface area contributed by atoms with Crippen LogP contribution in [-0.4, -0.2) is 45.2 Å². The van der Waals surface area contributed by atoms with E-state index in [-0.39, 0.29) is 5.91 Å². The molecule has 1 aromatic carbocycles. The van der Waals surface area contributed by atoms with Crippen molar-refractivity contribution in [2.24, 2.45) is 0 Å². The molecule has 9 heteroatoms. The molecule has 0 saturated heterocycles. The summed E-state index contributed by atoms with van der Waals surface area (Å²) in [6, 6.07) is 11.5. The number of carbonyl (C=O) groups is 1. The summed E-state index contributed by atoms with van der Waals surface area (Å²) in [5, 5.41) is 19.6. The SMILES string of the molecule is CNc1cc2nc(NC(=O)c3ccc(-c4ccncc4)s3)n(CCC(C)(C)O)c2cc1NC. The second-order valence-electron chi connectivity index (χ2n) is 8.39. The summed E-state index contributed by atoms with van der Waals surface area (Å²) in [5.74, 6) is 0.233. The van der Waals surface area contributed by atoms with E-state index in [0.717, 1.165) is 32.8 Å². The van der Waals surface area contributed by atoms with Crippen LogP contribution in [0.2, 0.25) is 0 Å². The average Bonchev–Trinajstić information content (AvgIpc) is 3.41. The van der Waals surface area contributed by atoms with Gasteiger partial charge in [0.2, 0.25) is 5.95 Å². The lowest BCUT2D eigenvalue weighted by Crippen LogP contribution is -2.22. The van der Waals surface area contributed by atoms with Crippen molar-refractivity contribution in [2.75, 3.05) is 30.0 Å². The van der Waals surface area contributed by atoms with Crippen molar-refractivity contribution in [2.45, 2.75) is 32.4 Å². The second kappa shape index (κ2) is 9.21. The third-order valence-corrected chi connectivity index (χ3v) is 6.53. The van der Waals surface area contributed by atoms with E-state index in [1.807, 2.05) is 55.1 Å². The predicted octanol–water partition coefficient (Wildman–Crippen LogP) is 4.66. The van der Waals surface area contributed by atoms with Crippen molar-refractivity contribution in [1.29, 1.82) is 0 Å². The van der Waals surface area contributed by atoms with Gasteiger partial charge in [-0.15, -0.1) is 11.3 Å². The van der Waals surface area contributed by atoms with Crippen LogP contribution in [0.15, 0.2) is 48.8 Å². The molecule has 0 aliphatic rings. The summed E-state index contributed by atoms with van der Waals surface area (Å²) in [6.45, 7) is 4.05. The van der Waals surface area contributed by atoms with Crippen LogP contribution < -0.4 is 16.0 Å². The lowest BCUT2D eigenvalue weighted by Gasteiger charge is -2.19. The highest BCUT2D eigenvalue weighted by Crippen LogP contribution is 2.32. The highest BCUT2D eigenvalue weighted by molar-refractivity contribution is 7.17. The fourth-order valence-corrected chi connectivity index (χ4v) is 4.49. The van der Waals surface area contributed by atoms with Crippen LogP contribution in [0.25, 0.3) is 21.5 Å². The number of nitrogens with one attached hydrogen (secondary N) is 3. The van der Waals surface area contributed by atoms with Crippen LogP contribution in [0.5, 0.6) is 0 Å². The molecule has 0 spiro atoms. The Morgan fingerprint density at radius 1 is 1.09 bits per heavy atom. The molecule has 0 aliphatic heterocycles. The molecule has 4 N–H and O–H groups in total. The molecule has 0 unspecified atom stereocenters. The first-order valence-corrected chi connectivity index (χ1v) is 11.5. The van der Waals surface area contributed by atoms with E-state index in [1.165, 1.54) is 11.3 Å². The van der Waals surface area contributed by atoms with E-state index in [1.54, 1.807) is 26.2 Å². The molecule has 0 fully saturated rings. The first-order chi connectivity index (χ1) is 15.8. The molecule has 0 aliphatic carbocycles. The van der Waals surface area contributed by atoms with Crippen LogP contribution >= 0.6 is 11.3 Å². The Morgan fingerprint density at radius 2 is 1.79 bits per heavy atom. The van der Waals surface area contributed by atoms with Gasteiger partial charge in [0.15, 0.2) is 0 Å². The maximum absolute atomic E-state index is 13.1. The van der Waals surface area contributed by atoms with Crippen molar-refractivity contribution in [3.05, 3.63) is 53.7 Å². The number of nitrogens with zero attached hydrogens (tertiary/aromatic N) is 3. The van der Waals surface area contributed by atoms with Crippen molar-refractivity contribution in [3.8, 4) is 10.4 Å². The molecule has 1 amide bonds. The van der Waals surface area contributed by atoms with Crippen LogP contribution in [0.3, 0.4) is 0 Å². The summed E-state index contributed by atoms with van der Waals surface area (Å²) in [6.07, 6.45) is 3.98. The Balaban J connectivity index is 1.68. The van der Waals surface area contributed by atoms with Gasteiger partial charge in [-0.25, -0.2) is 4.98 Å². The summed E-state index contributed by atoms with van der Waals surface area (Å²) in [7, 11) is 3.71. The summed E-state index contributed by atoms with van der Waals surface area (Å²) >= 11 is 1.42. The minimum Gasteiger partial charge on any atom is -0.390 e. The van der Waals surface area contributed by atoms with Crippen molar-refractivity contribution < 1.29 is 9.90 Å². The number of fused-ring (bicyclic) bond motifs is 1. The summed E-state index contributed by atoms with van der Waals surface area (Å²) in [4.78, 5) is 23.4. The molecule has 8 nitrogen and oxygen atoms in total. The molecule has 0 bridgehead atoms. The fourth-order valence-electron chi connectivity index (χ4n) is 3.59. The van der Waals surface area contributed by atoms with Gasteiger partial charge in [0, 0.05) is 37.9 Å². The lowest BCUT2D eigenvalue weighted by atomic mass is 10.1. The number of imidazole rings is 1. The Bertz CT molecular complexity index is 1270. The number of rotatable bonds is 8. The van der Waals surface area contributed by atoms with Gasteiger partial charge >= 0.3 is 0 Å². The van der Waals surface area contributed by atoms with Crippen molar-refractivity contribution >= 4 is 45.6 Å². The Morgan fingerprint density at radius 3 is 2.45 bits per heavy atom. The summed E-state index contributed by atoms with van der Waals surface area (Å²) in [5.41, 5.74) is 3.64. The molecule has 4 aromatic rings.